The van der Waals surface area contributed by atoms with Crippen LogP contribution in [0, 0.1) is 0 Å². The average Bonchev–Trinajstić information content (AvgIpc) is 3.24. The number of likely N-dealkylation sites (N-methyl/N-ethyl adjacent to an activating group) is 1. The molecule has 1 atom stereocenters. The summed E-state index contributed by atoms with van der Waals surface area (Å²) in [6.45, 7) is 4.81. The minimum absolute atomic E-state index is 0.0982. The molecule has 0 bridgehead atoms. The van der Waals surface area contributed by atoms with Crippen molar-refractivity contribution in [2.24, 2.45) is 0 Å². The van der Waals surface area contributed by atoms with Crippen LogP contribution in [0.1, 0.15) is 17.2 Å². The zero-order chi connectivity index (χ0) is 19.8. The largest absolute Gasteiger partial charge is 0.348 e. The summed E-state index contributed by atoms with van der Waals surface area (Å²) in [7, 11) is 2.12. The summed E-state index contributed by atoms with van der Waals surface area (Å²) in [5.74, 6) is -1.14. The van der Waals surface area contributed by atoms with Crippen molar-refractivity contribution in [3.8, 4) is 0 Å². The van der Waals surface area contributed by atoms with Gasteiger partial charge in [0.2, 0.25) is 0 Å². The third-order valence-corrected chi connectivity index (χ3v) is 5.81. The second kappa shape index (κ2) is 10.4. The van der Waals surface area contributed by atoms with Gasteiger partial charge in [-0.2, -0.15) is 11.3 Å². The summed E-state index contributed by atoms with van der Waals surface area (Å²) in [6, 6.07) is 12.1. The summed E-state index contributed by atoms with van der Waals surface area (Å²) in [5.41, 5.74) is 2.33. The summed E-state index contributed by atoms with van der Waals surface area (Å²) in [4.78, 5) is 29.0. The summed E-state index contributed by atoms with van der Waals surface area (Å²) >= 11 is 1.65. The standard InChI is InChI=1S/C21H28N4O2S/c1-24-10-12-25(13-11-24)19(18-8-14-28-16-18)15-23-21(27)20(26)22-9-7-17-5-3-2-4-6-17/h2-6,8,14,16,19H,7,9-13,15H2,1H3,(H,22,26)(H,23,27)/t19-/m1/s1. The van der Waals surface area contributed by atoms with E-state index in [0.717, 1.165) is 31.7 Å². The topological polar surface area (TPSA) is 64.7 Å². The summed E-state index contributed by atoms with van der Waals surface area (Å²) in [5, 5.41) is 9.70. The van der Waals surface area contributed by atoms with Crippen LogP contribution in [-0.2, 0) is 16.0 Å². The minimum atomic E-state index is -0.571. The lowest BCUT2D eigenvalue weighted by atomic mass is 10.1. The van der Waals surface area contributed by atoms with Gasteiger partial charge in [-0.05, 0) is 41.4 Å². The molecule has 2 N–H and O–H groups in total. The number of hydrogen-bond donors (Lipinski definition) is 2. The van der Waals surface area contributed by atoms with Crippen LogP contribution >= 0.6 is 11.3 Å². The molecule has 28 heavy (non-hydrogen) atoms. The van der Waals surface area contributed by atoms with Gasteiger partial charge in [0.15, 0.2) is 0 Å². The number of nitrogens with zero attached hydrogens (tertiary/aromatic N) is 2. The zero-order valence-electron chi connectivity index (χ0n) is 16.3. The molecule has 150 valence electrons. The predicted molar refractivity (Wildman–Crippen MR) is 112 cm³/mol. The second-order valence-corrected chi connectivity index (χ2v) is 7.89. The Morgan fingerprint density at radius 1 is 1.04 bits per heavy atom. The fraction of sp³-hybridized carbons (Fsp3) is 0.429. The van der Waals surface area contributed by atoms with E-state index in [0.29, 0.717) is 19.5 Å². The predicted octanol–water partition coefficient (Wildman–Crippen LogP) is 1.51. The number of carbonyl (C=O) groups is 2. The fourth-order valence-corrected chi connectivity index (χ4v) is 4.08. The molecule has 1 aliphatic rings. The number of rotatable bonds is 7. The van der Waals surface area contributed by atoms with Crippen LogP contribution in [0.25, 0.3) is 0 Å². The molecule has 1 aromatic heterocycles. The van der Waals surface area contributed by atoms with E-state index >= 15 is 0 Å². The molecular weight excluding hydrogens is 372 g/mol. The number of hydrogen-bond acceptors (Lipinski definition) is 5. The highest BCUT2D eigenvalue weighted by Crippen LogP contribution is 2.23. The quantitative estimate of drug-likeness (QED) is 0.692. The molecule has 6 nitrogen and oxygen atoms in total. The van der Waals surface area contributed by atoms with Crippen molar-refractivity contribution >= 4 is 23.2 Å². The number of carbonyl (C=O) groups excluding carboxylic acids is 2. The molecule has 0 unspecified atom stereocenters. The van der Waals surface area contributed by atoms with Crippen molar-refractivity contribution < 1.29 is 9.59 Å². The summed E-state index contributed by atoms with van der Waals surface area (Å²) in [6.07, 6.45) is 0.707. The van der Waals surface area contributed by atoms with Gasteiger partial charge in [0.25, 0.3) is 0 Å². The van der Waals surface area contributed by atoms with Crippen LogP contribution in [0.15, 0.2) is 47.2 Å². The van der Waals surface area contributed by atoms with E-state index in [1.165, 1.54) is 5.56 Å². The Labute approximate surface area is 170 Å². The lowest BCUT2D eigenvalue weighted by Crippen LogP contribution is -2.49. The fourth-order valence-electron chi connectivity index (χ4n) is 3.37. The molecule has 0 radical (unpaired) electrons. The van der Waals surface area contributed by atoms with Crippen LogP contribution in [0.2, 0.25) is 0 Å². The molecule has 7 heteroatoms. The van der Waals surface area contributed by atoms with E-state index in [1.54, 1.807) is 11.3 Å². The molecule has 2 aromatic rings. The van der Waals surface area contributed by atoms with Crippen LogP contribution in [0.4, 0.5) is 0 Å². The van der Waals surface area contributed by atoms with Gasteiger partial charge in [-0.25, -0.2) is 0 Å². The van der Waals surface area contributed by atoms with E-state index in [2.05, 4.69) is 44.3 Å². The van der Waals surface area contributed by atoms with E-state index in [9.17, 15) is 9.59 Å². The Balaban J connectivity index is 1.48. The lowest BCUT2D eigenvalue weighted by molar-refractivity contribution is -0.139. The van der Waals surface area contributed by atoms with Crippen molar-refractivity contribution in [1.29, 1.82) is 0 Å². The summed E-state index contributed by atoms with van der Waals surface area (Å²) < 4.78 is 0. The van der Waals surface area contributed by atoms with Crippen molar-refractivity contribution in [3.05, 3.63) is 58.3 Å². The molecule has 1 fully saturated rings. The molecule has 1 aliphatic heterocycles. The average molecular weight is 401 g/mol. The van der Waals surface area contributed by atoms with Crippen molar-refractivity contribution in [2.45, 2.75) is 12.5 Å². The van der Waals surface area contributed by atoms with E-state index in [-0.39, 0.29) is 6.04 Å². The molecule has 3 rings (SSSR count). The van der Waals surface area contributed by atoms with Crippen LogP contribution in [0.5, 0.6) is 0 Å². The first kappa shape index (κ1) is 20.5. The van der Waals surface area contributed by atoms with Gasteiger partial charge in [-0.15, -0.1) is 0 Å². The highest BCUT2D eigenvalue weighted by atomic mass is 32.1. The molecule has 0 saturated carbocycles. The molecule has 2 amide bonds. The Kier molecular flexibility index (Phi) is 7.59. The first-order valence-corrected chi connectivity index (χ1v) is 10.6. The van der Waals surface area contributed by atoms with Crippen LogP contribution in [0.3, 0.4) is 0 Å². The van der Waals surface area contributed by atoms with Gasteiger partial charge in [-0.1, -0.05) is 30.3 Å². The van der Waals surface area contributed by atoms with Gasteiger partial charge in [0, 0.05) is 39.3 Å². The molecule has 0 spiro atoms. The molecule has 0 aliphatic carbocycles. The first-order valence-electron chi connectivity index (χ1n) is 9.68. The molecule has 1 aromatic carbocycles. The number of amides is 2. The van der Waals surface area contributed by atoms with Crippen LogP contribution in [-0.4, -0.2) is 67.9 Å². The minimum Gasteiger partial charge on any atom is -0.348 e. The van der Waals surface area contributed by atoms with Gasteiger partial charge in [0.05, 0.1) is 6.04 Å². The maximum absolute atomic E-state index is 12.2. The third kappa shape index (κ3) is 5.89. The SMILES string of the molecule is CN1CCN([C@H](CNC(=O)C(=O)NCCc2ccccc2)c2ccsc2)CC1. The smallest absolute Gasteiger partial charge is 0.309 e. The Morgan fingerprint density at radius 2 is 1.75 bits per heavy atom. The van der Waals surface area contributed by atoms with Crippen molar-refractivity contribution in [3.63, 3.8) is 0 Å². The highest BCUT2D eigenvalue weighted by molar-refractivity contribution is 7.08. The normalized spacial score (nSPS) is 16.5. The molecule has 1 saturated heterocycles. The number of piperazine rings is 1. The van der Waals surface area contributed by atoms with E-state index < -0.39 is 11.8 Å². The van der Waals surface area contributed by atoms with Gasteiger partial charge in [0.1, 0.15) is 0 Å². The lowest BCUT2D eigenvalue weighted by Gasteiger charge is -2.37. The van der Waals surface area contributed by atoms with E-state index in [1.807, 2.05) is 30.3 Å². The van der Waals surface area contributed by atoms with Crippen molar-refractivity contribution in [2.75, 3.05) is 46.3 Å². The monoisotopic (exact) mass is 400 g/mol. The van der Waals surface area contributed by atoms with Crippen molar-refractivity contribution in [1.82, 2.24) is 20.4 Å². The Bertz CT molecular complexity index is 743. The highest BCUT2D eigenvalue weighted by Gasteiger charge is 2.25. The number of benzene rings is 1. The first-order chi connectivity index (χ1) is 13.6. The maximum atomic E-state index is 12.2. The van der Waals surface area contributed by atoms with Gasteiger partial charge >= 0.3 is 11.8 Å². The molecule has 2 heterocycles. The zero-order valence-corrected chi connectivity index (χ0v) is 17.1. The van der Waals surface area contributed by atoms with Crippen LogP contribution < -0.4 is 10.6 Å². The Morgan fingerprint density at radius 3 is 2.43 bits per heavy atom. The van der Waals surface area contributed by atoms with E-state index in [4.69, 9.17) is 0 Å². The number of thiophene rings is 1. The third-order valence-electron chi connectivity index (χ3n) is 5.11. The Hall–Kier alpha value is -2.22. The van der Waals surface area contributed by atoms with Gasteiger partial charge < -0.3 is 15.5 Å². The number of nitrogens with one attached hydrogen (secondary N) is 2. The van der Waals surface area contributed by atoms with Gasteiger partial charge in [-0.3, -0.25) is 14.5 Å². The molecular formula is C21H28N4O2S. The second-order valence-electron chi connectivity index (χ2n) is 7.11. The maximum Gasteiger partial charge on any atom is 0.309 e.